The third kappa shape index (κ3) is 6.59. The van der Waals surface area contributed by atoms with Gasteiger partial charge in [0, 0.05) is 12.7 Å². The average Bonchev–Trinajstić information content (AvgIpc) is 2.42. The van der Waals surface area contributed by atoms with E-state index in [0.29, 0.717) is 0 Å². The normalized spacial score (nSPS) is 11.4. The molecule has 0 atom stereocenters. The summed E-state index contributed by atoms with van der Waals surface area (Å²) >= 11 is 0. The van der Waals surface area contributed by atoms with Crippen LogP contribution in [-0.4, -0.2) is 38.8 Å². The van der Waals surface area contributed by atoms with E-state index in [1.54, 1.807) is 20.8 Å². The fourth-order valence-corrected chi connectivity index (χ4v) is 2.01. The second kappa shape index (κ2) is 8.90. The fraction of sp³-hybridized carbons (Fsp3) is 0.467. The Hall–Kier alpha value is -0.549. The van der Waals surface area contributed by atoms with Crippen molar-refractivity contribution < 1.29 is 83.4 Å². The summed E-state index contributed by atoms with van der Waals surface area (Å²) in [5.41, 5.74) is -1.93. The van der Waals surface area contributed by atoms with E-state index in [1.165, 1.54) is 14.0 Å². The molecule has 0 spiro atoms. The van der Waals surface area contributed by atoms with Crippen molar-refractivity contribution in [2.45, 2.75) is 33.3 Å². The van der Waals surface area contributed by atoms with Crippen LogP contribution >= 0.6 is 0 Å². The molecule has 1 rings (SSSR count). The summed E-state index contributed by atoms with van der Waals surface area (Å²) < 4.78 is 49.2. The first-order chi connectivity index (χ1) is 10.8. The second-order valence-corrected chi connectivity index (χ2v) is 6.32. The number of ether oxygens (including phenoxy) is 2. The summed E-state index contributed by atoms with van der Waals surface area (Å²) in [5.74, 6) is -0.909. The number of amides is 1. The number of anilines is 1. The molecule has 0 aliphatic heterocycles. The SMILES string of the molecule is COC(=O)c1cc([B-](F)(F)F)cc(N(C)C(=O)OC(C)(C)C)c1C.[K+]. The zero-order valence-corrected chi connectivity index (χ0v) is 18.6. The summed E-state index contributed by atoms with van der Waals surface area (Å²) in [7, 11) is 2.36. The standard InChI is InChI=1S/C15H20BF3NO4.K/c1-9-11(13(21)23-6)7-10(16(17,18)19)8-12(9)20(5)14(22)24-15(2,3)4;/h7-8H,1-6H3;/q-1;+1. The minimum absolute atomic E-state index is 0. The van der Waals surface area contributed by atoms with E-state index in [2.05, 4.69) is 4.74 Å². The number of carbonyl (C=O) groups excluding carboxylic acids is 2. The summed E-state index contributed by atoms with van der Waals surface area (Å²) in [6.45, 7) is 0.998. The van der Waals surface area contributed by atoms with Crippen LogP contribution in [0.25, 0.3) is 0 Å². The molecule has 0 aliphatic carbocycles. The van der Waals surface area contributed by atoms with Gasteiger partial charge in [0.1, 0.15) is 5.60 Å². The summed E-state index contributed by atoms with van der Waals surface area (Å²) in [6, 6.07) is 1.55. The smallest absolute Gasteiger partial charge is 0.465 e. The van der Waals surface area contributed by atoms with E-state index >= 15 is 0 Å². The van der Waals surface area contributed by atoms with Crippen LogP contribution in [0.4, 0.5) is 23.4 Å². The Morgan fingerprint density at radius 2 is 1.68 bits per heavy atom. The van der Waals surface area contributed by atoms with Crippen molar-refractivity contribution in [3.05, 3.63) is 23.3 Å². The van der Waals surface area contributed by atoms with Gasteiger partial charge in [-0.2, -0.15) is 0 Å². The third-order valence-corrected chi connectivity index (χ3v) is 3.21. The molecular formula is C15H20BF3KNO4. The first-order valence-corrected chi connectivity index (χ1v) is 7.17. The Balaban J connectivity index is 0.00000576. The van der Waals surface area contributed by atoms with Gasteiger partial charge >= 0.3 is 70.4 Å². The number of rotatable bonds is 3. The average molecular weight is 385 g/mol. The summed E-state index contributed by atoms with van der Waals surface area (Å²) in [5, 5.41) is 0. The van der Waals surface area contributed by atoms with Crippen molar-refractivity contribution in [3.63, 3.8) is 0 Å². The Morgan fingerprint density at radius 1 is 1.16 bits per heavy atom. The van der Waals surface area contributed by atoms with Gasteiger partial charge in [0.15, 0.2) is 0 Å². The molecule has 1 aromatic rings. The first kappa shape index (κ1) is 24.5. The molecule has 0 saturated carbocycles. The van der Waals surface area contributed by atoms with Gasteiger partial charge in [0.2, 0.25) is 0 Å². The quantitative estimate of drug-likeness (QED) is 0.552. The Kier molecular flexibility index (Phi) is 8.70. The van der Waals surface area contributed by atoms with Gasteiger partial charge in [-0.05, 0) is 33.3 Å². The van der Waals surface area contributed by atoms with Crippen molar-refractivity contribution in [2.24, 2.45) is 0 Å². The Bertz CT molecular complexity index is 659. The van der Waals surface area contributed by atoms with Crippen LogP contribution in [-0.2, 0) is 9.47 Å². The summed E-state index contributed by atoms with van der Waals surface area (Å²) in [4.78, 5) is 24.8. The maximum Gasteiger partial charge on any atom is 1.00 e. The zero-order chi connectivity index (χ0) is 18.9. The van der Waals surface area contributed by atoms with E-state index < -0.39 is 30.1 Å². The molecule has 0 fully saturated rings. The first-order valence-electron chi connectivity index (χ1n) is 7.17. The fourth-order valence-electron chi connectivity index (χ4n) is 2.01. The third-order valence-electron chi connectivity index (χ3n) is 3.21. The van der Waals surface area contributed by atoms with E-state index in [9.17, 15) is 22.5 Å². The predicted molar refractivity (Wildman–Crippen MR) is 85.9 cm³/mol. The van der Waals surface area contributed by atoms with Crippen molar-refractivity contribution in [3.8, 4) is 0 Å². The number of benzene rings is 1. The number of hydrogen-bond acceptors (Lipinski definition) is 4. The maximum atomic E-state index is 13.2. The molecule has 0 radical (unpaired) electrons. The van der Waals surface area contributed by atoms with E-state index in [4.69, 9.17) is 4.74 Å². The van der Waals surface area contributed by atoms with Crippen molar-refractivity contribution >= 4 is 30.2 Å². The molecule has 0 aliphatic rings. The van der Waals surface area contributed by atoms with Gasteiger partial charge in [0.25, 0.3) is 0 Å². The van der Waals surface area contributed by atoms with Crippen LogP contribution in [0.5, 0.6) is 0 Å². The Morgan fingerprint density at radius 3 is 2.08 bits per heavy atom. The topological polar surface area (TPSA) is 55.8 Å². The van der Waals surface area contributed by atoms with E-state index in [0.717, 1.165) is 24.1 Å². The molecule has 0 heterocycles. The van der Waals surface area contributed by atoms with Gasteiger partial charge in [-0.15, -0.1) is 5.46 Å². The minimum atomic E-state index is -5.36. The number of carbonyl (C=O) groups is 2. The molecule has 10 heteroatoms. The van der Waals surface area contributed by atoms with Crippen molar-refractivity contribution in [1.82, 2.24) is 0 Å². The van der Waals surface area contributed by atoms with Gasteiger partial charge in [0.05, 0.1) is 12.7 Å². The molecule has 0 saturated heterocycles. The monoisotopic (exact) mass is 385 g/mol. The molecule has 5 nitrogen and oxygen atoms in total. The van der Waals surface area contributed by atoms with Gasteiger partial charge < -0.3 is 22.4 Å². The molecule has 1 aromatic carbocycles. The molecule has 0 unspecified atom stereocenters. The Labute approximate surface area is 187 Å². The van der Waals surface area contributed by atoms with Crippen molar-refractivity contribution in [2.75, 3.05) is 19.1 Å². The minimum Gasteiger partial charge on any atom is -0.465 e. The molecular weight excluding hydrogens is 365 g/mol. The zero-order valence-electron chi connectivity index (χ0n) is 15.4. The van der Waals surface area contributed by atoms with Crippen LogP contribution in [0.15, 0.2) is 12.1 Å². The maximum absolute atomic E-state index is 13.2. The van der Waals surface area contributed by atoms with Crippen LogP contribution in [0.2, 0.25) is 0 Å². The van der Waals surface area contributed by atoms with Crippen molar-refractivity contribution in [1.29, 1.82) is 0 Å². The molecule has 0 bridgehead atoms. The van der Waals surface area contributed by atoms with E-state index in [-0.39, 0.29) is 68.2 Å². The van der Waals surface area contributed by atoms with Crippen LogP contribution in [0.3, 0.4) is 0 Å². The number of nitrogens with zero attached hydrogens (tertiary/aromatic N) is 1. The number of methoxy groups -OCH3 is 1. The summed E-state index contributed by atoms with van der Waals surface area (Å²) in [6.07, 6.45) is -0.826. The molecule has 0 aromatic heterocycles. The van der Waals surface area contributed by atoms with Gasteiger partial charge in [-0.1, -0.05) is 12.1 Å². The molecule has 134 valence electrons. The number of esters is 1. The molecule has 25 heavy (non-hydrogen) atoms. The second-order valence-electron chi connectivity index (χ2n) is 6.32. The van der Waals surface area contributed by atoms with Gasteiger partial charge in [-0.25, -0.2) is 9.59 Å². The van der Waals surface area contributed by atoms with Crippen LogP contribution in [0.1, 0.15) is 36.7 Å². The molecule has 0 N–H and O–H groups in total. The van der Waals surface area contributed by atoms with Crippen LogP contribution < -0.4 is 61.7 Å². The van der Waals surface area contributed by atoms with E-state index in [1.807, 2.05) is 0 Å². The predicted octanol–water partition coefficient (Wildman–Crippen LogP) is 0.211. The van der Waals surface area contributed by atoms with Gasteiger partial charge in [-0.3, -0.25) is 4.90 Å². The van der Waals surface area contributed by atoms with Crippen LogP contribution in [0, 0.1) is 6.92 Å². The number of halogens is 3. The number of hydrogen-bond donors (Lipinski definition) is 0. The molecule has 1 amide bonds. The largest absolute Gasteiger partial charge is 1.00 e.